The highest BCUT2D eigenvalue weighted by atomic mass is 79.9. The normalized spacial score (nSPS) is 13.1. The van der Waals surface area contributed by atoms with E-state index in [0.29, 0.717) is 20.9 Å². The van der Waals surface area contributed by atoms with Crippen molar-refractivity contribution in [2.45, 2.75) is 5.44 Å². The van der Waals surface area contributed by atoms with Crippen molar-refractivity contribution in [2.75, 3.05) is 0 Å². The topological polar surface area (TPSA) is 33.1 Å². The van der Waals surface area contributed by atoms with E-state index in [2.05, 4.69) is 33.5 Å². The van der Waals surface area contributed by atoms with Crippen molar-refractivity contribution in [3.8, 4) is 0 Å². The van der Waals surface area contributed by atoms with Gasteiger partial charge in [0, 0.05) is 11.6 Å². The largest absolute Gasteiger partial charge is 0.377 e. The lowest BCUT2D eigenvalue weighted by Crippen LogP contribution is -1.93. The highest BCUT2D eigenvalue weighted by Crippen LogP contribution is 2.26. The zero-order chi connectivity index (χ0) is 11.0. The molecule has 0 aliphatic rings. The first-order valence-corrected chi connectivity index (χ1v) is 5.50. The van der Waals surface area contributed by atoms with Crippen LogP contribution in [0.1, 0.15) is 11.1 Å². The van der Waals surface area contributed by atoms with Crippen molar-refractivity contribution in [1.29, 1.82) is 0 Å². The molecule has 2 nitrogen and oxygen atoms in total. The Kier molecular flexibility index (Phi) is 2.95. The van der Waals surface area contributed by atoms with E-state index in [-0.39, 0.29) is 5.82 Å². The zero-order valence-corrected chi connectivity index (χ0v) is 9.96. The zero-order valence-electron chi connectivity index (χ0n) is 7.48. The standard InChI is InChI=1S/C10H7BrFNOS/c11-7-2-1-5-3-8(10(14)15)13-4-6(5)9(7)12/h1-4,10,14-15H. The summed E-state index contributed by atoms with van der Waals surface area (Å²) in [5, 5.41) is 10.3. The molecule has 0 aliphatic carbocycles. The third kappa shape index (κ3) is 2.00. The Bertz CT molecular complexity index is 518. The minimum atomic E-state index is -0.943. The highest BCUT2D eigenvalue weighted by molar-refractivity contribution is 9.10. The van der Waals surface area contributed by atoms with Gasteiger partial charge in [0.05, 0.1) is 10.2 Å². The van der Waals surface area contributed by atoms with E-state index in [1.54, 1.807) is 18.2 Å². The number of halogens is 2. The van der Waals surface area contributed by atoms with Gasteiger partial charge in [0.15, 0.2) is 0 Å². The maximum Gasteiger partial charge on any atom is 0.146 e. The van der Waals surface area contributed by atoms with Crippen LogP contribution in [0.4, 0.5) is 4.39 Å². The van der Waals surface area contributed by atoms with Crippen molar-refractivity contribution in [2.24, 2.45) is 0 Å². The van der Waals surface area contributed by atoms with E-state index in [0.717, 1.165) is 0 Å². The summed E-state index contributed by atoms with van der Waals surface area (Å²) in [6.45, 7) is 0. The Labute approximate surface area is 99.7 Å². The molecule has 0 aliphatic heterocycles. The molecule has 1 N–H and O–H groups in total. The second-order valence-electron chi connectivity index (χ2n) is 3.07. The van der Waals surface area contributed by atoms with Crippen LogP contribution >= 0.6 is 28.6 Å². The van der Waals surface area contributed by atoms with Gasteiger partial charge in [-0.05, 0) is 33.4 Å². The Morgan fingerprint density at radius 3 is 2.87 bits per heavy atom. The number of hydrogen-bond donors (Lipinski definition) is 2. The number of aliphatic hydroxyl groups excluding tert-OH is 1. The fraction of sp³-hybridized carbons (Fsp3) is 0.100. The lowest BCUT2D eigenvalue weighted by molar-refractivity contribution is 0.267. The molecule has 0 saturated carbocycles. The highest BCUT2D eigenvalue weighted by Gasteiger charge is 2.08. The van der Waals surface area contributed by atoms with Crippen molar-refractivity contribution in [3.63, 3.8) is 0 Å². The number of aliphatic hydroxyl groups is 1. The number of hydrogen-bond acceptors (Lipinski definition) is 3. The Morgan fingerprint density at radius 1 is 1.47 bits per heavy atom. The first-order valence-electron chi connectivity index (χ1n) is 4.19. The number of thiol groups is 1. The first kappa shape index (κ1) is 10.9. The SMILES string of the molecule is OC(S)c1cc2ccc(Br)c(F)c2cn1. The number of benzene rings is 1. The van der Waals surface area contributed by atoms with Gasteiger partial charge in [-0.1, -0.05) is 6.07 Å². The smallest absolute Gasteiger partial charge is 0.146 e. The van der Waals surface area contributed by atoms with Gasteiger partial charge < -0.3 is 5.11 Å². The fourth-order valence-electron chi connectivity index (χ4n) is 1.32. The van der Waals surface area contributed by atoms with Gasteiger partial charge in [-0.2, -0.15) is 0 Å². The van der Waals surface area contributed by atoms with Gasteiger partial charge in [0.25, 0.3) is 0 Å². The molecule has 0 radical (unpaired) electrons. The second-order valence-corrected chi connectivity index (χ2v) is 4.41. The molecule has 1 aromatic carbocycles. The van der Waals surface area contributed by atoms with Gasteiger partial charge in [-0.25, -0.2) is 4.39 Å². The predicted octanol–water partition coefficient (Wildman–Crippen LogP) is 3.06. The molecule has 0 bridgehead atoms. The first-order chi connectivity index (χ1) is 7.09. The lowest BCUT2D eigenvalue weighted by Gasteiger charge is -2.05. The molecule has 15 heavy (non-hydrogen) atoms. The minimum Gasteiger partial charge on any atom is -0.377 e. The van der Waals surface area contributed by atoms with Crippen LogP contribution < -0.4 is 0 Å². The van der Waals surface area contributed by atoms with E-state index in [1.165, 1.54) is 6.20 Å². The molecule has 1 heterocycles. The minimum absolute atomic E-state index is 0.347. The number of aromatic nitrogens is 1. The van der Waals surface area contributed by atoms with Crippen LogP contribution in [-0.4, -0.2) is 10.1 Å². The van der Waals surface area contributed by atoms with Gasteiger partial charge in [-0.15, -0.1) is 12.6 Å². The Balaban J connectivity index is 2.70. The number of nitrogens with zero attached hydrogens (tertiary/aromatic N) is 1. The van der Waals surface area contributed by atoms with Gasteiger partial charge >= 0.3 is 0 Å². The van der Waals surface area contributed by atoms with E-state index in [4.69, 9.17) is 0 Å². The van der Waals surface area contributed by atoms with Crippen LogP contribution in [-0.2, 0) is 0 Å². The van der Waals surface area contributed by atoms with Crippen molar-refractivity contribution in [3.05, 3.63) is 40.4 Å². The summed E-state index contributed by atoms with van der Waals surface area (Å²) in [5.41, 5.74) is -0.534. The fourth-order valence-corrected chi connectivity index (χ4v) is 1.80. The molecule has 1 atom stereocenters. The molecule has 0 spiro atoms. The maximum atomic E-state index is 13.6. The summed E-state index contributed by atoms with van der Waals surface area (Å²) in [4.78, 5) is 3.92. The molecule has 1 aromatic heterocycles. The van der Waals surface area contributed by atoms with Crippen LogP contribution in [0.15, 0.2) is 28.9 Å². The number of pyridine rings is 1. The number of rotatable bonds is 1. The molecule has 1 unspecified atom stereocenters. The summed E-state index contributed by atoms with van der Waals surface area (Å²) in [6.07, 6.45) is 1.39. The Hall–Kier alpha value is -0.650. The van der Waals surface area contributed by atoms with Crippen LogP contribution in [0, 0.1) is 5.82 Å². The van der Waals surface area contributed by atoms with Crippen LogP contribution in [0.5, 0.6) is 0 Å². The Morgan fingerprint density at radius 2 is 2.20 bits per heavy atom. The summed E-state index contributed by atoms with van der Waals surface area (Å²) >= 11 is 6.95. The summed E-state index contributed by atoms with van der Waals surface area (Å²) in [7, 11) is 0. The monoisotopic (exact) mass is 287 g/mol. The summed E-state index contributed by atoms with van der Waals surface area (Å²) < 4.78 is 14.0. The van der Waals surface area contributed by atoms with Crippen molar-refractivity contribution < 1.29 is 9.50 Å². The third-order valence-electron chi connectivity index (χ3n) is 2.08. The molecule has 78 valence electrons. The molecule has 5 heteroatoms. The summed E-state index contributed by atoms with van der Waals surface area (Å²) in [6, 6.07) is 4.98. The van der Waals surface area contributed by atoms with Crippen LogP contribution in [0.3, 0.4) is 0 Å². The quantitative estimate of drug-likeness (QED) is 0.624. The molecular weight excluding hydrogens is 281 g/mol. The molecule has 2 aromatic rings. The molecular formula is C10H7BrFNOS. The van der Waals surface area contributed by atoms with E-state index < -0.39 is 5.44 Å². The maximum absolute atomic E-state index is 13.6. The van der Waals surface area contributed by atoms with Gasteiger partial charge in [0.2, 0.25) is 0 Å². The average molecular weight is 288 g/mol. The summed E-state index contributed by atoms with van der Waals surface area (Å²) in [5.74, 6) is -0.347. The van der Waals surface area contributed by atoms with E-state index in [9.17, 15) is 9.50 Å². The number of fused-ring (bicyclic) bond motifs is 1. The van der Waals surface area contributed by atoms with Crippen molar-refractivity contribution >= 4 is 39.3 Å². The second kappa shape index (κ2) is 4.08. The van der Waals surface area contributed by atoms with E-state index >= 15 is 0 Å². The predicted molar refractivity (Wildman–Crippen MR) is 63.3 cm³/mol. The molecule has 0 saturated heterocycles. The lowest BCUT2D eigenvalue weighted by atomic mass is 10.1. The van der Waals surface area contributed by atoms with Crippen LogP contribution in [0.2, 0.25) is 0 Å². The molecule has 0 fully saturated rings. The van der Waals surface area contributed by atoms with Crippen LogP contribution in [0.25, 0.3) is 10.8 Å². The van der Waals surface area contributed by atoms with Gasteiger partial charge in [-0.3, -0.25) is 4.98 Å². The van der Waals surface area contributed by atoms with Gasteiger partial charge in [0.1, 0.15) is 11.3 Å². The molecule has 0 amide bonds. The molecule has 2 rings (SSSR count). The van der Waals surface area contributed by atoms with Crippen molar-refractivity contribution in [1.82, 2.24) is 4.98 Å². The van der Waals surface area contributed by atoms with E-state index in [1.807, 2.05) is 0 Å². The third-order valence-corrected chi connectivity index (χ3v) is 2.95. The average Bonchev–Trinajstić information content (AvgIpc) is 2.23.